The van der Waals surface area contributed by atoms with Gasteiger partial charge in [-0.25, -0.2) is 5.10 Å². The first-order valence-corrected chi connectivity index (χ1v) is 9.08. The van der Waals surface area contributed by atoms with Crippen LogP contribution in [0.25, 0.3) is 21.9 Å². The lowest BCUT2D eigenvalue weighted by Gasteiger charge is -2.33. The molecule has 8 nitrogen and oxygen atoms in total. The van der Waals surface area contributed by atoms with E-state index in [1.54, 1.807) is 29.2 Å². The lowest BCUT2D eigenvalue weighted by molar-refractivity contribution is 0.0740. The number of para-hydroxylation sites is 2. The van der Waals surface area contributed by atoms with Crippen molar-refractivity contribution in [2.45, 2.75) is 0 Å². The van der Waals surface area contributed by atoms with E-state index >= 15 is 0 Å². The zero-order valence-electron chi connectivity index (χ0n) is 15.0. The van der Waals surface area contributed by atoms with E-state index in [4.69, 9.17) is 4.42 Å². The third-order valence-electron chi connectivity index (χ3n) is 5.02. The minimum atomic E-state index is -0.298. The van der Waals surface area contributed by atoms with Crippen LogP contribution in [0.3, 0.4) is 0 Å². The summed E-state index contributed by atoms with van der Waals surface area (Å²) in [7, 11) is 0. The van der Waals surface area contributed by atoms with E-state index in [0.717, 1.165) is 11.1 Å². The highest BCUT2D eigenvalue weighted by molar-refractivity contribution is 6.04. The maximum Gasteiger partial charge on any atom is 0.298 e. The van der Waals surface area contributed by atoms with Crippen LogP contribution in [0.5, 0.6) is 0 Å². The third-order valence-corrected chi connectivity index (χ3v) is 5.02. The quantitative estimate of drug-likeness (QED) is 0.576. The molecule has 1 aliphatic heterocycles. The first kappa shape index (κ1) is 16.5. The first-order valence-electron chi connectivity index (χ1n) is 9.08. The number of fused-ring (bicyclic) bond motifs is 2. The Morgan fingerprint density at radius 3 is 2.46 bits per heavy atom. The van der Waals surface area contributed by atoms with Gasteiger partial charge in [0.05, 0.1) is 5.39 Å². The van der Waals surface area contributed by atoms with E-state index in [2.05, 4.69) is 15.2 Å². The molecule has 3 heterocycles. The number of hydrogen-bond acceptors (Lipinski definition) is 6. The van der Waals surface area contributed by atoms with Crippen molar-refractivity contribution in [3.8, 4) is 0 Å². The summed E-state index contributed by atoms with van der Waals surface area (Å²) >= 11 is 0. The Labute approximate surface area is 159 Å². The van der Waals surface area contributed by atoms with Gasteiger partial charge in [0.2, 0.25) is 0 Å². The molecule has 0 bridgehead atoms. The van der Waals surface area contributed by atoms with Gasteiger partial charge in [0.15, 0.2) is 11.3 Å². The van der Waals surface area contributed by atoms with Crippen LogP contribution in [0.1, 0.15) is 10.5 Å². The number of aromatic nitrogens is 3. The number of anilines is 1. The summed E-state index contributed by atoms with van der Waals surface area (Å²) in [6.45, 7) is 2.26. The Morgan fingerprint density at radius 2 is 1.68 bits per heavy atom. The van der Waals surface area contributed by atoms with Crippen LogP contribution in [-0.4, -0.2) is 52.2 Å². The number of benzene rings is 2. The van der Waals surface area contributed by atoms with Crippen LogP contribution in [0, 0.1) is 0 Å². The molecule has 0 saturated carbocycles. The van der Waals surface area contributed by atoms with Crippen molar-refractivity contribution >= 4 is 33.8 Å². The largest absolute Gasteiger partial charge is 0.423 e. The van der Waals surface area contributed by atoms with Crippen molar-refractivity contribution in [2.75, 3.05) is 31.1 Å². The molecule has 1 fully saturated rings. The van der Waals surface area contributed by atoms with Crippen molar-refractivity contribution in [2.24, 2.45) is 0 Å². The molecule has 8 heteroatoms. The molecule has 1 saturated heterocycles. The number of nitrogens with zero attached hydrogens (tertiary/aromatic N) is 4. The van der Waals surface area contributed by atoms with E-state index in [1.165, 1.54) is 0 Å². The molecular formula is C20H17N5O3. The minimum absolute atomic E-state index is 0.190. The molecule has 5 rings (SSSR count). The summed E-state index contributed by atoms with van der Waals surface area (Å²) in [5, 5.41) is 7.47. The average Bonchev–Trinajstić information content (AvgIpc) is 3.18. The average molecular weight is 375 g/mol. The van der Waals surface area contributed by atoms with Gasteiger partial charge in [-0.05, 0) is 18.2 Å². The summed E-state index contributed by atoms with van der Waals surface area (Å²) in [4.78, 5) is 33.2. The highest BCUT2D eigenvalue weighted by atomic mass is 16.4. The van der Waals surface area contributed by atoms with Crippen molar-refractivity contribution in [1.29, 1.82) is 0 Å². The summed E-state index contributed by atoms with van der Waals surface area (Å²) in [5.41, 5.74) is 1.54. The molecule has 0 atom stereocenters. The second kappa shape index (κ2) is 6.49. The molecule has 28 heavy (non-hydrogen) atoms. The molecule has 140 valence electrons. The zero-order valence-corrected chi connectivity index (χ0v) is 15.0. The van der Waals surface area contributed by atoms with E-state index in [0.29, 0.717) is 43.0 Å². The van der Waals surface area contributed by atoms with Gasteiger partial charge in [-0.3, -0.25) is 9.59 Å². The van der Waals surface area contributed by atoms with Crippen LogP contribution in [0.4, 0.5) is 6.01 Å². The van der Waals surface area contributed by atoms with Crippen molar-refractivity contribution < 1.29 is 9.21 Å². The smallest absolute Gasteiger partial charge is 0.298 e. The Bertz CT molecular complexity index is 1200. The number of rotatable bonds is 2. The summed E-state index contributed by atoms with van der Waals surface area (Å²) in [5.74, 6) is -0.190. The highest BCUT2D eigenvalue weighted by Gasteiger charge is 2.26. The highest BCUT2D eigenvalue weighted by Crippen LogP contribution is 2.23. The maximum absolute atomic E-state index is 13.0. The number of carbonyl (C=O) groups is 1. The number of amides is 1. The van der Waals surface area contributed by atoms with E-state index in [-0.39, 0.29) is 17.2 Å². The standard InChI is InChI=1S/C20H17N5O3/c26-18-14-6-2-1-5-13(14)17(22-23-18)19(27)24-9-11-25(12-10-24)20-21-15-7-3-4-8-16(15)28-20/h1-8H,9-12H2,(H,23,26). The molecule has 0 unspecified atom stereocenters. The fourth-order valence-corrected chi connectivity index (χ4v) is 3.52. The molecule has 0 aliphatic carbocycles. The molecule has 2 aromatic heterocycles. The van der Waals surface area contributed by atoms with Gasteiger partial charge in [-0.2, -0.15) is 10.1 Å². The molecule has 0 spiro atoms. The van der Waals surface area contributed by atoms with Crippen LogP contribution >= 0.6 is 0 Å². The predicted octanol–water partition coefficient (Wildman–Crippen LogP) is 2.03. The van der Waals surface area contributed by atoms with Crippen molar-refractivity contribution in [3.63, 3.8) is 0 Å². The van der Waals surface area contributed by atoms with Gasteiger partial charge >= 0.3 is 0 Å². The van der Waals surface area contributed by atoms with Gasteiger partial charge in [-0.15, -0.1) is 0 Å². The molecule has 4 aromatic rings. The van der Waals surface area contributed by atoms with Gasteiger partial charge < -0.3 is 14.2 Å². The van der Waals surface area contributed by atoms with Gasteiger partial charge in [0.1, 0.15) is 5.52 Å². The van der Waals surface area contributed by atoms with Crippen LogP contribution in [0.2, 0.25) is 0 Å². The fraction of sp³-hybridized carbons (Fsp3) is 0.200. The van der Waals surface area contributed by atoms with E-state index < -0.39 is 0 Å². The Hall–Kier alpha value is -3.68. The SMILES string of the molecule is O=C(c1n[nH]c(=O)c2ccccc12)N1CCN(c2nc3ccccc3o2)CC1. The van der Waals surface area contributed by atoms with Crippen LogP contribution in [0.15, 0.2) is 57.7 Å². The number of carbonyl (C=O) groups excluding carboxylic acids is 1. The van der Waals surface area contributed by atoms with Gasteiger partial charge in [-0.1, -0.05) is 30.3 Å². The number of oxazole rings is 1. The topological polar surface area (TPSA) is 95.3 Å². The predicted molar refractivity (Wildman–Crippen MR) is 104 cm³/mol. The van der Waals surface area contributed by atoms with Crippen LogP contribution in [-0.2, 0) is 0 Å². The van der Waals surface area contributed by atoms with Crippen molar-refractivity contribution in [3.05, 3.63) is 64.6 Å². The Kier molecular flexibility index (Phi) is 3.82. The number of H-pyrrole nitrogens is 1. The summed E-state index contributed by atoms with van der Waals surface area (Å²) < 4.78 is 5.82. The Morgan fingerprint density at radius 1 is 0.964 bits per heavy atom. The molecule has 1 amide bonds. The molecule has 1 N–H and O–H groups in total. The zero-order chi connectivity index (χ0) is 19.1. The van der Waals surface area contributed by atoms with E-state index in [9.17, 15) is 9.59 Å². The van der Waals surface area contributed by atoms with E-state index in [1.807, 2.05) is 29.2 Å². The first-order chi connectivity index (χ1) is 13.7. The van der Waals surface area contributed by atoms with Crippen molar-refractivity contribution in [1.82, 2.24) is 20.1 Å². The number of piperazine rings is 1. The lowest BCUT2D eigenvalue weighted by atomic mass is 10.1. The molecular weight excluding hydrogens is 358 g/mol. The fourth-order valence-electron chi connectivity index (χ4n) is 3.52. The summed E-state index contributed by atoms with van der Waals surface area (Å²) in [6.07, 6.45) is 0. The molecule has 0 radical (unpaired) electrons. The second-order valence-corrected chi connectivity index (χ2v) is 6.69. The van der Waals surface area contributed by atoms with Gasteiger partial charge in [0.25, 0.3) is 17.5 Å². The van der Waals surface area contributed by atoms with Crippen LogP contribution < -0.4 is 10.5 Å². The molecule has 2 aromatic carbocycles. The summed E-state index contributed by atoms with van der Waals surface area (Å²) in [6, 6.07) is 15.2. The monoisotopic (exact) mass is 375 g/mol. The second-order valence-electron chi connectivity index (χ2n) is 6.69. The Balaban J connectivity index is 1.36. The third kappa shape index (κ3) is 2.70. The number of aromatic amines is 1. The number of nitrogens with one attached hydrogen (secondary N) is 1. The normalized spacial score (nSPS) is 14.7. The number of hydrogen-bond donors (Lipinski definition) is 1. The minimum Gasteiger partial charge on any atom is -0.423 e. The lowest BCUT2D eigenvalue weighted by Crippen LogP contribution is -2.49. The van der Waals surface area contributed by atoms with Gasteiger partial charge in [0, 0.05) is 31.6 Å². The maximum atomic E-state index is 13.0. The molecule has 1 aliphatic rings.